The number of hydrogen-bond acceptors (Lipinski definition) is 2. The van der Waals surface area contributed by atoms with Crippen molar-refractivity contribution in [1.29, 1.82) is 0 Å². The molecule has 2 aromatic rings. The number of amides is 1. The van der Waals surface area contributed by atoms with Crippen molar-refractivity contribution in [3.05, 3.63) is 53.7 Å². The van der Waals surface area contributed by atoms with Crippen LogP contribution in [-0.4, -0.2) is 5.91 Å². The van der Waals surface area contributed by atoms with Crippen LogP contribution in [0.25, 0.3) is 0 Å². The number of hydrogen-bond donors (Lipinski definition) is 1. The van der Waals surface area contributed by atoms with Crippen molar-refractivity contribution in [3.8, 4) is 0 Å². The van der Waals surface area contributed by atoms with Crippen molar-refractivity contribution in [2.75, 3.05) is 0 Å². The van der Waals surface area contributed by atoms with Crippen LogP contribution in [0.1, 0.15) is 20.8 Å². The lowest BCUT2D eigenvalue weighted by Gasteiger charge is -2.07. The predicted molar refractivity (Wildman–Crippen MR) is 87.1 cm³/mol. The van der Waals surface area contributed by atoms with Gasteiger partial charge in [0.25, 0.3) is 5.91 Å². The number of benzene rings is 1. The van der Waals surface area contributed by atoms with Crippen LogP contribution in [0.4, 0.5) is 0 Å². The first kappa shape index (κ1) is 14.0. The number of carbonyl (C=O) groups excluding carboxylic acids is 1. The van der Waals surface area contributed by atoms with E-state index in [2.05, 4.69) is 56.8 Å². The minimum Gasteiger partial charge on any atom is -0.347 e. The fourth-order valence-corrected chi connectivity index (χ4v) is 3.30. The van der Waals surface area contributed by atoms with Crippen LogP contribution in [0, 0.1) is 10.5 Å². The molecular formula is C13H11BrINOS. The fourth-order valence-electron chi connectivity index (χ4n) is 1.51. The summed E-state index contributed by atoms with van der Waals surface area (Å²) in [4.78, 5) is 13.3. The Morgan fingerprint density at radius 3 is 2.89 bits per heavy atom. The van der Waals surface area contributed by atoms with Gasteiger partial charge in [0.15, 0.2) is 0 Å². The van der Waals surface area contributed by atoms with Gasteiger partial charge < -0.3 is 5.32 Å². The Morgan fingerprint density at radius 2 is 2.22 bits per heavy atom. The maximum Gasteiger partial charge on any atom is 0.252 e. The summed E-state index contributed by atoms with van der Waals surface area (Å²) < 4.78 is 1.87. The van der Waals surface area contributed by atoms with Gasteiger partial charge in [0.1, 0.15) is 0 Å². The Bertz CT molecular complexity index is 582. The van der Waals surface area contributed by atoms with Gasteiger partial charge in [0.05, 0.1) is 12.1 Å². The third-order valence-electron chi connectivity index (χ3n) is 2.55. The topological polar surface area (TPSA) is 29.1 Å². The molecule has 1 aromatic carbocycles. The van der Waals surface area contributed by atoms with Gasteiger partial charge in [0, 0.05) is 12.9 Å². The lowest BCUT2D eigenvalue weighted by molar-refractivity contribution is 0.0950. The summed E-state index contributed by atoms with van der Waals surface area (Å²) >= 11 is 7.23. The molecule has 5 heteroatoms. The molecule has 0 unspecified atom stereocenters. The van der Waals surface area contributed by atoms with Crippen LogP contribution in [-0.2, 0) is 6.54 Å². The number of carbonyl (C=O) groups is 1. The number of aryl methyl sites for hydroxylation is 1. The summed E-state index contributed by atoms with van der Waals surface area (Å²) in [5, 5.41) is 5.00. The van der Waals surface area contributed by atoms with Crippen LogP contribution in [0.15, 0.2) is 34.1 Å². The van der Waals surface area contributed by atoms with Crippen LogP contribution < -0.4 is 5.32 Å². The zero-order valence-electron chi connectivity index (χ0n) is 9.67. The summed E-state index contributed by atoms with van der Waals surface area (Å²) in [6.45, 7) is 2.64. The first-order chi connectivity index (χ1) is 8.58. The third kappa shape index (κ3) is 3.33. The highest BCUT2D eigenvalue weighted by Crippen LogP contribution is 2.19. The normalized spacial score (nSPS) is 10.4. The van der Waals surface area contributed by atoms with E-state index < -0.39 is 0 Å². The lowest BCUT2D eigenvalue weighted by atomic mass is 10.2. The van der Waals surface area contributed by atoms with Gasteiger partial charge in [-0.3, -0.25) is 4.79 Å². The molecule has 0 fully saturated rings. The average Bonchev–Trinajstić information content (AvgIpc) is 2.75. The monoisotopic (exact) mass is 435 g/mol. The highest BCUT2D eigenvalue weighted by molar-refractivity contribution is 14.1. The van der Waals surface area contributed by atoms with Crippen molar-refractivity contribution in [2.45, 2.75) is 13.5 Å². The van der Waals surface area contributed by atoms with E-state index in [1.54, 1.807) is 11.3 Å². The molecule has 0 spiro atoms. The standard InChI is InChI=1S/C13H11BrINOS/c1-8-4-5-18-12(8)7-16-13(17)10-6-9(14)2-3-11(10)15/h2-6H,7H2,1H3,(H,16,17). The molecule has 0 saturated carbocycles. The van der Waals surface area contributed by atoms with Crippen molar-refractivity contribution in [3.63, 3.8) is 0 Å². The van der Waals surface area contributed by atoms with Gasteiger partial charge in [-0.1, -0.05) is 15.9 Å². The molecule has 0 bridgehead atoms. The maximum absolute atomic E-state index is 12.1. The fraction of sp³-hybridized carbons (Fsp3) is 0.154. The van der Waals surface area contributed by atoms with E-state index >= 15 is 0 Å². The number of thiophene rings is 1. The second kappa shape index (κ2) is 6.16. The lowest BCUT2D eigenvalue weighted by Crippen LogP contribution is -2.23. The minimum atomic E-state index is -0.0338. The number of nitrogens with one attached hydrogen (secondary N) is 1. The van der Waals surface area contributed by atoms with Gasteiger partial charge in [-0.25, -0.2) is 0 Å². The molecule has 1 aromatic heterocycles. The van der Waals surface area contributed by atoms with Gasteiger partial charge in [0.2, 0.25) is 0 Å². The Hall–Kier alpha value is -0.400. The molecule has 0 aliphatic heterocycles. The zero-order valence-corrected chi connectivity index (χ0v) is 14.2. The van der Waals surface area contributed by atoms with E-state index in [1.807, 2.05) is 23.6 Å². The van der Waals surface area contributed by atoms with E-state index in [-0.39, 0.29) is 5.91 Å². The Labute approximate surface area is 132 Å². The molecule has 0 aliphatic rings. The van der Waals surface area contributed by atoms with E-state index in [1.165, 1.54) is 10.4 Å². The average molecular weight is 436 g/mol. The molecule has 94 valence electrons. The molecule has 1 heterocycles. The van der Waals surface area contributed by atoms with Crippen molar-refractivity contribution < 1.29 is 4.79 Å². The Balaban J connectivity index is 2.08. The van der Waals surface area contributed by atoms with Crippen LogP contribution in [0.2, 0.25) is 0 Å². The molecule has 18 heavy (non-hydrogen) atoms. The van der Waals surface area contributed by atoms with Gasteiger partial charge >= 0.3 is 0 Å². The second-order valence-electron chi connectivity index (χ2n) is 3.83. The van der Waals surface area contributed by atoms with E-state index in [0.717, 1.165) is 8.04 Å². The molecule has 1 amide bonds. The quantitative estimate of drug-likeness (QED) is 0.713. The molecule has 0 saturated heterocycles. The van der Waals surface area contributed by atoms with Gasteiger partial charge in [-0.05, 0) is 64.7 Å². The minimum absolute atomic E-state index is 0.0338. The SMILES string of the molecule is Cc1ccsc1CNC(=O)c1cc(Br)ccc1I. The molecule has 0 atom stereocenters. The summed E-state index contributed by atoms with van der Waals surface area (Å²) in [6.07, 6.45) is 0. The highest BCUT2D eigenvalue weighted by atomic mass is 127. The van der Waals surface area contributed by atoms with Gasteiger partial charge in [-0.15, -0.1) is 11.3 Å². The molecule has 2 rings (SSSR count). The van der Waals surface area contributed by atoms with E-state index in [4.69, 9.17) is 0 Å². The molecule has 0 aliphatic carbocycles. The summed E-state index contributed by atoms with van der Waals surface area (Å²) in [5.41, 5.74) is 1.93. The first-order valence-corrected chi connectivity index (χ1v) is 8.09. The molecular weight excluding hydrogens is 425 g/mol. The summed E-state index contributed by atoms with van der Waals surface area (Å²) in [5.74, 6) is -0.0338. The molecule has 2 nitrogen and oxygen atoms in total. The highest BCUT2D eigenvalue weighted by Gasteiger charge is 2.10. The summed E-state index contributed by atoms with van der Waals surface area (Å²) in [6, 6.07) is 7.77. The zero-order chi connectivity index (χ0) is 13.1. The van der Waals surface area contributed by atoms with Crippen molar-refractivity contribution >= 4 is 55.8 Å². The van der Waals surface area contributed by atoms with E-state index in [0.29, 0.717) is 12.1 Å². The van der Waals surface area contributed by atoms with Crippen LogP contribution >= 0.6 is 49.9 Å². The predicted octanol–water partition coefficient (Wildman–Crippen LogP) is 4.35. The largest absolute Gasteiger partial charge is 0.347 e. The van der Waals surface area contributed by atoms with E-state index in [9.17, 15) is 4.79 Å². The first-order valence-electron chi connectivity index (χ1n) is 5.34. The Kier molecular flexibility index (Phi) is 4.80. The van der Waals surface area contributed by atoms with Crippen LogP contribution in [0.3, 0.4) is 0 Å². The number of halogens is 2. The number of rotatable bonds is 3. The Morgan fingerprint density at radius 1 is 1.44 bits per heavy atom. The second-order valence-corrected chi connectivity index (χ2v) is 6.91. The molecule has 1 N–H and O–H groups in total. The smallest absolute Gasteiger partial charge is 0.252 e. The molecule has 0 radical (unpaired) electrons. The van der Waals surface area contributed by atoms with Crippen LogP contribution in [0.5, 0.6) is 0 Å². The third-order valence-corrected chi connectivity index (χ3v) is 5.01. The summed E-state index contributed by atoms with van der Waals surface area (Å²) in [7, 11) is 0. The maximum atomic E-state index is 12.1. The van der Waals surface area contributed by atoms with Crippen molar-refractivity contribution in [2.24, 2.45) is 0 Å². The van der Waals surface area contributed by atoms with Crippen molar-refractivity contribution in [1.82, 2.24) is 5.32 Å². The van der Waals surface area contributed by atoms with Gasteiger partial charge in [-0.2, -0.15) is 0 Å².